The Kier molecular flexibility index (Phi) is 2.63. The Balaban J connectivity index is 1.86. The Hall–Kier alpha value is -1.36. The molecule has 0 bridgehead atoms. The number of benzene rings is 1. The van der Waals surface area contributed by atoms with Crippen molar-refractivity contribution in [3.8, 4) is 0 Å². The fraction of sp³-hybridized carbons (Fsp3) is 0.333. The molecule has 17 heavy (non-hydrogen) atoms. The molecular formula is C12H12BrN3O. The summed E-state index contributed by atoms with van der Waals surface area (Å²) in [5.41, 5.74) is 2.64. The van der Waals surface area contributed by atoms with Gasteiger partial charge in [0.25, 0.3) is 0 Å². The summed E-state index contributed by atoms with van der Waals surface area (Å²) in [5, 5.41) is 8.06. The maximum absolute atomic E-state index is 5.57. The zero-order valence-electron chi connectivity index (χ0n) is 9.48. The minimum absolute atomic E-state index is 0.620. The molecule has 2 heterocycles. The normalized spacial score (nSPS) is 14.1. The van der Waals surface area contributed by atoms with Gasteiger partial charge in [0.15, 0.2) is 0 Å². The van der Waals surface area contributed by atoms with Gasteiger partial charge in [-0.15, -0.1) is 5.10 Å². The van der Waals surface area contributed by atoms with Crippen LogP contribution in [0.3, 0.4) is 0 Å². The first-order valence-corrected chi connectivity index (χ1v) is 6.40. The average molecular weight is 294 g/mol. The van der Waals surface area contributed by atoms with Gasteiger partial charge in [-0.2, -0.15) is 0 Å². The van der Waals surface area contributed by atoms with Crippen LogP contribution in [0.15, 0.2) is 27.1 Å². The quantitative estimate of drug-likeness (QED) is 0.854. The molecule has 0 N–H and O–H groups in total. The molecule has 0 atom stereocenters. The number of anilines is 1. The first kappa shape index (κ1) is 10.8. The summed E-state index contributed by atoms with van der Waals surface area (Å²) in [7, 11) is 0. The van der Waals surface area contributed by atoms with E-state index >= 15 is 0 Å². The minimum atomic E-state index is 0.620. The van der Waals surface area contributed by atoms with E-state index in [9.17, 15) is 0 Å². The highest BCUT2D eigenvalue weighted by Crippen LogP contribution is 2.29. The lowest BCUT2D eigenvalue weighted by Gasteiger charge is -2.10. The monoisotopic (exact) mass is 293 g/mol. The molecule has 3 rings (SSSR count). The topological polar surface area (TPSA) is 42.2 Å². The van der Waals surface area contributed by atoms with Crippen molar-refractivity contribution in [2.75, 3.05) is 4.90 Å². The van der Waals surface area contributed by atoms with Gasteiger partial charge in [-0.3, -0.25) is 0 Å². The molecule has 2 aromatic rings. The number of hydrogen-bond acceptors (Lipinski definition) is 4. The maximum Gasteiger partial charge on any atom is 0.318 e. The molecule has 4 nitrogen and oxygen atoms in total. The second kappa shape index (κ2) is 4.14. The van der Waals surface area contributed by atoms with Crippen molar-refractivity contribution in [3.63, 3.8) is 0 Å². The Bertz CT molecular complexity index is 552. The number of aromatic nitrogens is 2. The van der Waals surface area contributed by atoms with Crippen LogP contribution in [-0.4, -0.2) is 10.2 Å². The van der Waals surface area contributed by atoms with Crippen LogP contribution >= 0.6 is 15.9 Å². The first-order chi connectivity index (χ1) is 8.26. The van der Waals surface area contributed by atoms with Gasteiger partial charge >= 0.3 is 6.01 Å². The summed E-state index contributed by atoms with van der Waals surface area (Å²) in [5.74, 6) is 0.692. The molecule has 1 aliphatic heterocycles. The molecule has 1 aromatic heterocycles. The summed E-state index contributed by atoms with van der Waals surface area (Å²) in [6, 6.07) is 6.96. The fourth-order valence-electron chi connectivity index (χ4n) is 2.01. The third kappa shape index (κ3) is 1.95. The van der Waals surface area contributed by atoms with Crippen LogP contribution in [0, 0.1) is 0 Å². The van der Waals surface area contributed by atoms with E-state index in [2.05, 4.69) is 49.2 Å². The SMILES string of the molecule is CCc1nnc(N2Cc3ccc(Br)cc3C2)o1. The van der Waals surface area contributed by atoms with Crippen molar-refractivity contribution in [2.45, 2.75) is 26.4 Å². The highest BCUT2D eigenvalue weighted by atomic mass is 79.9. The van der Waals surface area contributed by atoms with E-state index in [1.165, 1.54) is 11.1 Å². The molecule has 0 radical (unpaired) electrons. The molecule has 0 unspecified atom stereocenters. The van der Waals surface area contributed by atoms with Crippen molar-refractivity contribution < 1.29 is 4.42 Å². The van der Waals surface area contributed by atoms with E-state index in [0.717, 1.165) is 24.0 Å². The third-order valence-electron chi connectivity index (χ3n) is 2.92. The largest absolute Gasteiger partial charge is 0.408 e. The highest BCUT2D eigenvalue weighted by molar-refractivity contribution is 9.10. The van der Waals surface area contributed by atoms with Crippen LogP contribution in [0.2, 0.25) is 0 Å². The van der Waals surface area contributed by atoms with Crippen molar-refractivity contribution in [3.05, 3.63) is 39.7 Å². The average Bonchev–Trinajstić information content (AvgIpc) is 2.93. The lowest BCUT2D eigenvalue weighted by molar-refractivity contribution is 0.490. The van der Waals surface area contributed by atoms with Crippen LogP contribution in [0.4, 0.5) is 6.01 Å². The molecule has 88 valence electrons. The van der Waals surface area contributed by atoms with E-state index in [4.69, 9.17) is 4.42 Å². The number of halogens is 1. The minimum Gasteiger partial charge on any atom is -0.408 e. The first-order valence-electron chi connectivity index (χ1n) is 5.61. The van der Waals surface area contributed by atoms with Crippen LogP contribution in [0.1, 0.15) is 23.9 Å². The van der Waals surface area contributed by atoms with Crippen molar-refractivity contribution in [2.24, 2.45) is 0 Å². The molecular weight excluding hydrogens is 282 g/mol. The number of hydrogen-bond donors (Lipinski definition) is 0. The Labute approximate surface area is 108 Å². The summed E-state index contributed by atoms with van der Waals surface area (Å²) in [4.78, 5) is 2.10. The van der Waals surface area contributed by atoms with E-state index in [1.807, 2.05) is 6.92 Å². The van der Waals surface area contributed by atoms with Crippen LogP contribution < -0.4 is 4.90 Å². The number of fused-ring (bicyclic) bond motifs is 1. The smallest absolute Gasteiger partial charge is 0.318 e. The molecule has 0 spiro atoms. The molecule has 1 aromatic carbocycles. The summed E-state index contributed by atoms with van der Waals surface area (Å²) in [6.07, 6.45) is 0.777. The fourth-order valence-corrected chi connectivity index (χ4v) is 2.42. The summed E-state index contributed by atoms with van der Waals surface area (Å²) in [6.45, 7) is 3.68. The Morgan fingerprint density at radius 1 is 1.29 bits per heavy atom. The second-order valence-electron chi connectivity index (χ2n) is 4.10. The maximum atomic E-state index is 5.57. The lowest BCUT2D eigenvalue weighted by Crippen LogP contribution is -2.14. The van der Waals surface area contributed by atoms with Crippen LogP contribution in [-0.2, 0) is 19.5 Å². The molecule has 0 saturated carbocycles. The van der Waals surface area contributed by atoms with Gasteiger partial charge in [-0.05, 0) is 23.3 Å². The zero-order valence-corrected chi connectivity index (χ0v) is 11.1. The van der Waals surface area contributed by atoms with Crippen LogP contribution in [0.25, 0.3) is 0 Å². The second-order valence-corrected chi connectivity index (χ2v) is 5.02. The van der Waals surface area contributed by atoms with E-state index < -0.39 is 0 Å². The van der Waals surface area contributed by atoms with E-state index in [0.29, 0.717) is 11.9 Å². The Morgan fingerprint density at radius 3 is 2.88 bits per heavy atom. The molecule has 0 saturated heterocycles. The van der Waals surface area contributed by atoms with Gasteiger partial charge < -0.3 is 9.32 Å². The van der Waals surface area contributed by atoms with Crippen molar-refractivity contribution in [1.29, 1.82) is 0 Å². The predicted octanol–water partition coefficient (Wildman–Crippen LogP) is 2.91. The van der Waals surface area contributed by atoms with Crippen molar-refractivity contribution in [1.82, 2.24) is 10.2 Å². The standard InChI is InChI=1S/C12H12BrN3O/c1-2-11-14-15-12(17-11)16-6-8-3-4-10(13)5-9(8)7-16/h3-5H,2,6-7H2,1H3. The Morgan fingerprint density at radius 2 is 2.12 bits per heavy atom. The van der Waals surface area contributed by atoms with Crippen LogP contribution in [0.5, 0.6) is 0 Å². The predicted molar refractivity (Wildman–Crippen MR) is 67.7 cm³/mol. The van der Waals surface area contributed by atoms with Gasteiger partial charge in [0.1, 0.15) is 0 Å². The lowest BCUT2D eigenvalue weighted by atomic mass is 10.1. The van der Waals surface area contributed by atoms with Gasteiger partial charge in [0.2, 0.25) is 5.89 Å². The number of nitrogens with zero attached hydrogens (tertiary/aromatic N) is 3. The van der Waals surface area contributed by atoms with Gasteiger partial charge in [-0.25, -0.2) is 0 Å². The third-order valence-corrected chi connectivity index (χ3v) is 3.41. The highest BCUT2D eigenvalue weighted by Gasteiger charge is 2.23. The molecule has 1 aliphatic rings. The number of aryl methyl sites for hydroxylation is 1. The molecule has 0 aliphatic carbocycles. The number of rotatable bonds is 2. The van der Waals surface area contributed by atoms with E-state index in [-0.39, 0.29) is 0 Å². The van der Waals surface area contributed by atoms with Gasteiger partial charge in [0, 0.05) is 24.0 Å². The molecule has 0 amide bonds. The summed E-state index contributed by atoms with van der Waals surface area (Å²) < 4.78 is 6.68. The molecule has 5 heteroatoms. The zero-order chi connectivity index (χ0) is 11.8. The summed E-state index contributed by atoms with van der Waals surface area (Å²) >= 11 is 3.49. The van der Waals surface area contributed by atoms with Gasteiger partial charge in [0.05, 0.1) is 0 Å². The van der Waals surface area contributed by atoms with Crippen molar-refractivity contribution >= 4 is 21.9 Å². The molecule has 0 fully saturated rings. The van der Waals surface area contributed by atoms with E-state index in [1.54, 1.807) is 0 Å². The van der Waals surface area contributed by atoms with Gasteiger partial charge in [-0.1, -0.05) is 34.0 Å².